The molecule has 0 bridgehead atoms. The lowest BCUT2D eigenvalue weighted by Crippen LogP contribution is -2.43. The Morgan fingerprint density at radius 1 is 1.40 bits per heavy atom. The minimum atomic E-state index is -4.18. The molecule has 9 nitrogen and oxygen atoms in total. The fourth-order valence-corrected chi connectivity index (χ4v) is 5.17. The molecule has 2 rings (SSSR count). The number of amides is 1. The number of unbranched alkanes of at least 4 members (excludes halogenated alkanes) is 1. The fourth-order valence-electron chi connectivity index (χ4n) is 3.80. The van der Waals surface area contributed by atoms with Crippen LogP contribution in [0.15, 0.2) is 29.2 Å². The van der Waals surface area contributed by atoms with Gasteiger partial charge in [-0.2, -0.15) is 4.31 Å². The molecular formula is C20H31N3O6S. The highest BCUT2D eigenvalue weighted by Crippen LogP contribution is 2.26. The topological polar surface area (TPSA) is 121 Å². The van der Waals surface area contributed by atoms with Gasteiger partial charge in [-0.25, -0.2) is 8.42 Å². The van der Waals surface area contributed by atoms with E-state index >= 15 is 0 Å². The fraction of sp³-hybridized carbons (Fsp3) is 0.650. The van der Waals surface area contributed by atoms with Crippen LogP contribution in [-0.2, 0) is 14.8 Å². The first-order valence-corrected chi connectivity index (χ1v) is 11.8. The lowest BCUT2D eigenvalue weighted by atomic mass is 9.92. The van der Waals surface area contributed by atoms with Crippen molar-refractivity contribution in [3.63, 3.8) is 0 Å². The predicted octanol–water partition coefficient (Wildman–Crippen LogP) is 2.40. The number of aliphatic hydroxyl groups excluding tert-OH is 1. The first kappa shape index (κ1) is 24.2. The van der Waals surface area contributed by atoms with Gasteiger partial charge < -0.3 is 10.0 Å². The van der Waals surface area contributed by atoms with Gasteiger partial charge in [0.25, 0.3) is 5.69 Å². The van der Waals surface area contributed by atoms with Crippen molar-refractivity contribution in [2.75, 3.05) is 26.7 Å². The van der Waals surface area contributed by atoms with Crippen molar-refractivity contribution in [2.45, 2.75) is 56.4 Å². The van der Waals surface area contributed by atoms with E-state index in [2.05, 4.69) is 6.92 Å². The summed E-state index contributed by atoms with van der Waals surface area (Å²) < 4.78 is 26.3. The first-order valence-electron chi connectivity index (χ1n) is 10.3. The number of benzene rings is 1. The minimum absolute atomic E-state index is 0.183. The summed E-state index contributed by atoms with van der Waals surface area (Å²) in [6, 6.07) is 5.06. The maximum atomic E-state index is 12.7. The highest BCUT2D eigenvalue weighted by Gasteiger charge is 2.31. The molecule has 0 saturated carbocycles. The Bertz CT molecular complexity index is 845. The number of sulfonamides is 1. The molecule has 1 heterocycles. The molecule has 0 aliphatic carbocycles. The minimum Gasteiger partial charge on any atom is -0.391 e. The smallest absolute Gasteiger partial charge is 0.289 e. The number of carbonyl (C=O) groups is 1. The average molecular weight is 442 g/mol. The highest BCUT2D eigenvalue weighted by molar-refractivity contribution is 7.89. The molecule has 10 heteroatoms. The molecule has 1 amide bonds. The van der Waals surface area contributed by atoms with Gasteiger partial charge in [0.2, 0.25) is 15.9 Å². The maximum absolute atomic E-state index is 12.7. The van der Waals surface area contributed by atoms with E-state index in [9.17, 15) is 28.4 Å². The van der Waals surface area contributed by atoms with Crippen LogP contribution in [0.5, 0.6) is 0 Å². The number of nitro groups is 1. The second-order valence-electron chi connectivity index (χ2n) is 7.86. The molecule has 168 valence electrons. The average Bonchev–Trinajstić information content (AvgIpc) is 2.72. The summed E-state index contributed by atoms with van der Waals surface area (Å²) >= 11 is 0. The largest absolute Gasteiger partial charge is 0.391 e. The summed E-state index contributed by atoms with van der Waals surface area (Å²) in [4.78, 5) is 24.3. The highest BCUT2D eigenvalue weighted by atomic mass is 32.2. The number of likely N-dealkylation sites (tertiary alicyclic amines) is 1. The van der Waals surface area contributed by atoms with Crippen LogP contribution in [0.1, 0.15) is 45.4 Å². The number of carbonyl (C=O) groups excluding carboxylic acids is 1. The summed E-state index contributed by atoms with van der Waals surface area (Å²) in [5.74, 6) is 0.279. The Labute approximate surface area is 177 Å². The first-order chi connectivity index (χ1) is 14.2. The Hall–Kier alpha value is -2.04. The van der Waals surface area contributed by atoms with Crippen molar-refractivity contribution in [3.05, 3.63) is 34.4 Å². The van der Waals surface area contributed by atoms with Gasteiger partial charge in [-0.05, 0) is 31.2 Å². The van der Waals surface area contributed by atoms with Gasteiger partial charge in [0.05, 0.1) is 17.4 Å². The molecule has 1 aromatic carbocycles. The van der Waals surface area contributed by atoms with E-state index in [-0.39, 0.29) is 18.9 Å². The van der Waals surface area contributed by atoms with Crippen LogP contribution in [0.3, 0.4) is 0 Å². The number of rotatable bonds is 10. The third kappa shape index (κ3) is 6.23. The Balaban J connectivity index is 1.97. The third-order valence-electron chi connectivity index (χ3n) is 5.47. The van der Waals surface area contributed by atoms with Gasteiger partial charge in [0.1, 0.15) is 0 Å². The van der Waals surface area contributed by atoms with Crippen LogP contribution >= 0.6 is 0 Å². The molecule has 1 unspecified atom stereocenters. The quantitative estimate of drug-likeness (QED) is 0.440. The van der Waals surface area contributed by atoms with E-state index in [0.717, 1.165) is 48.5 Å². The number of aliphatic hydroxyl groups is 1. The Kier molecular flexibility index (Phi) is 8.75. The second-order valence-corrected chi connectivity index (χ2v) is 9.87. The van der Waals surface area contributed by atoms with Crippen molar-refractivity contribution >= 4 is 21.6 Å². The summed E-state index contributed by atoms with van der Waals surface area (Å²) in [7, 11) is -2.95. The number of hydrogen-bond donors (Lipinski definition) is 1. The molecular weight excluding hydrogens is 410 g/mol. The van der Waals surface area contributed by atoms with E-state index in [0.29, 0.717) is 19.0 Å². The van der Waals surface area contributed by atoms with Crippen LogP contribution in [0.2, 0.25) is 0 Å². The van der Waals surface area contributed by atoms with Crippen molar-refractivity contribution < 1.29 is 23.2 Å². The van der Waals surface area contributed by atoms with Crippen LogP contribution in [0.4, 0.5) is 5.69 Å². The molecule has 1 saturated heterocycles. The zero-order valence-corrected chi connectivity index (χ0v) is 18.4. The van der Waals surface area contributed by atoms with Crippen molar-refractivity contribution in [1.29, 1.82) is 0 Å². The SMILES string of the molecule is CCCC[C@@H]1CCCN(C(=O)CC(O)CN(C)S(=O)(=O)c2ccccc2[N+](=O)[O-])C1. The maximum Gasteiger partial charge on any atom is 0.289 e. The van der Waals surface area contributed by atoms with Crippen LogP contribution in [0, 0.1) is 16.0 Å². The zero-order valence-electron chi connectivity index (χ0n) is 17.6. The van der Waals surface area contributed by atoms with Crippen LogP contribution in [0.25, 0.3) is 0 Å². The van der Waals surface area contributed by atoms with E-state index in [1.165, 1.54) is 19.2 Å². The summed E-state index contributed by atoms with van der Waals surface area (Å²) in [5.41, 5.74) is -0.527. The molecule has 2 atom stereocenters. The van der Waals surface area contributed by atoms with Crippen LogP contribution in [-0.4, -0.2) is 66.3 Å². The van der Waals surface area contributed by atoms with Gasteiger partial charge in [-0.1, -0.05) is 31.9 Å². The number of para-hydroxylation sites is 1. The number of piperidine rings is 1. The molecule has 0 aromatic heterocycles. The van der Waals surface area contributed by atoms with Gasteiger partial charge in [-0.3, -0.25) is 14.9 Å². The van der Waals surface area contributed by atoms with E-state index in [1.54, 1.807) is 4.90 Å². The lowest BCUT2D eigenvalue weighted by molar-refractivity contribution is -0.387. The van der Waals surface area contributed by atoms with E-state index in [4.69, 9.17) is 0 Å². The number of nitro benzene ring substituents is 1. The normalized spacial score (nSPS) is 18.4. The predicted molar refractivity (Wildman–Crippen MR) is 112 cm³/mol. The summed E-state index contributed by atoms with van der Waals surface area (Å²) in [5, 5.41) is 21.5. The van der Waals surface area contributed by atoms with Gasteiger partial charge >= 0.3 is 0 Å². The van der Waals surface area contributed by atoms with Crippen molar-refractivity contribution in [1.82, 2.24) is 9.21 Å². The zero-order chi connectivity index (χ0) is 22.3. The summed E-state index contributed by atoms with van der Waals surface area (Å²) in [6.07, 6.45) is 3.98. The Morgan fingerprint density at radius 2 is 2.10 bits per heavy atom. The van der Waals surface area contributed by atoms with Crippen LogP contribution < -0.4 is 0 Å². The Morgan fingerprint density at radius 3 is 2.77 bits per heavy atom. The van der Waals surface area contributed by atoms with Crippen molar-refractivity contribution in [2.24, 2.45) is 5.92 Å². The molecule has 0 spiro atoms. The molecule has 1 N–H and O–H groups in total. The monoisotopic (exact) mass is 441 g/mol. The molecule has 30 heavy (non-hydrogen) atoms. The lowest BCUT2D eigenvalue weighted by Gasteiger charge is -2.33. The molecule has 1 fully saturated rings. The number of nitrogens with zero attached hydrogens (tertiary/aromatic N) is 3. The standard InChI is InChI=1S/C20H31N3O6S/c1-3-4-8-16-9-7-12-22(14-16)20(25)13-17(24)15-21(2)30(28,29)19-11-6-5-10-18(19)23(26)27/h5-6,10-11,16-17,24H,3-4,7-9,12-15H2,1-2H3/t16-,17?/m1/s1. The number of hydrogen-bond acceptors (Lipinski definition) is 6. The molecule has 1 aliphatic rings. The van der Waals surface area contributed by atoms with Gasteiger partial charge in [0, 0.05) is 32.7 Å². The summed E-state index contributed by atoms with van der Waals surface area (Å²) in [6.45, 7) is 3.14. The van der Waals surface area contributed by atoms with E-state index < -0.39 is 31.6 Å². The number of likely N-dealkylation sites (N-methyl/N-ethyl adjacent to an activating group) is 1. The van der Waals surface area contributed by atoms with Gasteiger partial charge in [-0.15, -0.1) is 0 Å². The molecule has 0 radical (unpaired) electrons. The molecule has 1 aliphatic heterocycles. The third-order valence-corrected chi connectivity index (χ3v) is 7.34. The molecule has 1 aromatic rings. The second kappa shape index (κ2) is 10.8. The van der Waals surface area contributed by atoms with Crippen molar-refractivity contribution in [3.8, 4) is 0 Å². The van der Waals surface area contributed by atoms with Gasteiger partial charge in [0.15, 0.2) is 4.90 Å². The van der Waals surface area contributed by atoms with E-state index in [1.807, 2.05) is 0 Å².